The molecule has 21 heavy (non-hydrogen) atoms. The summed E-state index contributed by atoms with van der Waals surface area (Å²) < 4.78 is 0. The molecular formula is C16H17N3OS. The van der Waals surface area contributed by atoms with Crippen LogP contribution in [0.25, 0.3) is 0 Å². The quantitative estimate of drug-likeness (QED) is 0.520. The molecule has 0 radical (unpaired) electrons. The maximum Gasteiger partial charge on any atom is 0.281 e. The van der Waals surface area contributed by atoms with Gasteiger partial charge in [0.25, 0.3) is 5.91 Å². The summed E-state index contributed by atoms with van der Waals surface area (Å²) >= 11 is 1.58. The fourth-order valence-corrected chi connectivity index (χ4v) is 3.60. The van der Waals surface area contributed by atoms with Crippen LogP contribution in [0.2, 0.25) is 0 Å². The van der Waals surface area contributed by atoms with E-state index in [0.717, 1.165) is 29.0 Å². The maximum absolute atomic E-state index is 12.1. The molecule has 0 atom stereocenters. The van der Waals surface area contributed by atoms with E-state index in [9.17, 15) is 4.79 Å². The highest BCUT2D eigenvalue weighted by Gasteiger charge is 2.18. The van der Waals surface area contributed by atoms with E-state index in [4.69, 9.17) is 5.73 Å². The standard InChI is InChI=1S/C16H17N3OS/c1-10(11-4-2-6-13(17)8-11)18-19-16(20)15-9-12-5-3-7-14(12)21-15/h2,4,6,8-9H,3,5,7,17H2,1H3,(H,19,20)/b18-10-. The highest BCUT2D eigenvalue weighted by Crippen LogP contribution is 2.30. The number of hydrogen-bond donors (Lipinski definition) is 2. The van der Waals surface area contributed by atoms with Gasteiger partial charge in [0.05, 0.1) is 10.6 Å². The number of rotatable bonds is 3. The highest BCUT2D eigenvalue weighted by molar-refractivity contribution is 7.14. The van der Waals surface area contributed by atoms with Gasteiger partial charge in [-0.25, -0.2) is 5.43 Å². The third-order valence-electron chi connectivity index (χ3n) is 3.60. The zero-order valence-electron chi connectivity index (χ0n) is 11.8. The van der Waals surface area contributed by atoms with E-state index in [1.54, 1.807) is 11.3 Å². The summed E-state index contributed by atoms with van der Waals surface area (Å²) in [5, 5.41) is 4.16. The molecule has 5 heteroatoms. The first-order valence-electron chi connectivity index (χ1n) is 6.95. The first kappa shape index (κ1) is 13.8. The summed E-state index contributed by atoms with van der Waals surface area (Å²) in [6.45, 7) is 1.85. The molecular weight excluding hydrogens is 282 g/mol. The molecule has 1 aliphatic rings. The summed E-state index contributed by atoms with van der Waals surface area (Å²) in [6.07, 6.45) is 3.39. The van der Waals surface area contributed by atoms with Gasteiger partial charge < -0.3 is 5.73 Å². The van der Waals surface area contributed by atoms with Gasteiger partial charge in [-0.3, -0.25) is 4.79 Å². The lowest BCUT2D eigenvalue weighted by Gasteiger charge is -2.03. The van der Waals surface area contributed by atoms with E-state index >= 15 is 0 Å². The molecule has 0 aliphatic heterocycles. The molecule has 0 saturated carbocycles. The molecule has 3 N–H and O–H groups in total. The Bertz CT molecular complexity index is 697. The highest BCUT2D eigenvalue weighted by atomic mass is 32.1. The molecule has 2 aromatic rings. The molecule has 0 fully saturated rings. The molecule has 0 bridgehead atoms. The summed E-state index contributed by atoms with van der Waals surface area (Å²) in [6, 6.07) is 9.44. The summed E-state index contributed by atoms with van der Waals surface area (Å²) in [5.41, 5.74) is 12.0. The predicted molar refractivity (Wildman–Crippen MR) is 86.9 cm³/mol. The van der Waals surface area contributed by atoms with E-state index < -0.39 is 0 Å². The number of nitrogens with two attached hydrogens (primary N) is 1. The van der Waals surface area contributed by atoms with Crippen LogP contribution in [0.1, 0.15) is 39.0 Å². The predicted octanol–water partition coefficient (Wildman–Crippen LogP) is 2.97. The molecule has 1 aromatic carbocycles. The second-order valence-corrected chi connectivity index (χ2v) is 6.31. The second-order valence-electron chi connectivity index (χ2n) is 5.18. The zero-order chi connectivity index (χ0) is 14.8. The Labute approximate surface area is 127 Å². The third-order valence-corrected chi connectivity index (χ3v) is 4.84. The molecule has 1 heterocycles. The maximum atomic E-state index is 12.1. The Kier molecular flexibility index (Phi) is 3.75. The minimum absolute atomic E-state index is 0.141. The Morgan fingerprint density at radius 3 is 2.95 bits per heavy atom. The molecule has 108 valence electrons. The van der Waals surface area contributed by atoms with E-state index in [0.29, 0.717) is 5.69 Å². The van der Waals surface area contributed by atoms with Gasteiger partial charge in [-0.15, -0.1) is 11.3 Å². The van der Waals surface area contributed by atoms with Crippen molar-refractivity contribution in [2.45, 2.75) is 26.2 Å². The van der Waals surface area contributed by atoms with Crippen molar-refractivity contribution in [2.24, 2.45) is 5.10 Å². The number of hydrogen-bond acceptors (Lipinski definition) is 4. The van der Waals surface area contributed by atoms with Gasteiger partial charge in [0.15, 0.2) is 0 Å². The van der Waals surface area contributed by atoms with Gasteiger partial charge in [0, 0.05) is 10.6 Å². The number of carbonyl (C=O) groups excluding carboxylic acids is 1. The number of nitrogens with one attached hydrogen (secondary N) is 1. The number of carbonyl (C=O) groups is 1. The van der Waals surface area contributed by atoms with Crippen LogP contribution in [0, 0.1) is 0 Å². The first-order valence-corrected chi connectivity index (χ1v) is 7.77. The van der Waals surface area contributed by atoms with Gasteiger partial charge >= 0.3 is 0 Å². The molecule has 4 nitrogen and oxygen atoms in total. The molecule has 1 aromatic heterocycles. The smallest absolute Gasteiger partial charge is 0.281 e. The fraction of sp³-hybridized carbons (Fsp3) is 0.250. The molecule has 3 rings (SSSR count). The Hall–Kier alpha value is -2.14. The monoisotopic (exact) mass is 299 g/mol. The van der Waals surface area contributed by atoms with Gasteiger partial charge in [0.2, 0.25) is 0 Å². The van der Waals surface area contributed by atoms with Crippen LogP contribution in [0.4, 0.5) is 5.69 Å². The number of amides is 1. The van der Waals surface area contributed by atoms with E-state index in [-0.39, 0.29) is 5.91 Å². The summed E-state index contributed by atoms with van der Waals surface area (Å²) in [7, 11) is 0. The van der Waals surface area contributed by atoms with Crippen molar-refractivity contribution < 1.29 is 4.79 Å². The first-order chi connectivity index (χ1) is 10.1. The van der Waals surface area contributed by atoms with Crippen LogP contribution in [0.15, 0.2) is 35.4 Å². The normalized spacial score (nSPS) is 14.0. The third kappa shape index (κ3) is 2.97. The number of thiophene rings is 1. The average Bonchev–Trinajstić information content (AvgIpc) is 3.05. The molecule has 1 amide bonds. The molecule has 0 unspecified atom stereocenters. The number of fused-ring (bicyclic) bond motifs is 1. The SMILES string of the molecule is C/C(=N/NC(=O)c1cc2c(s1)CCC2)c1cccc(N)c1. The van der Waals surface area contributed by atoms with E-state index in [1.165, 1.54) is 16.9 Å². The number of aryl methyl sites for hydroxylation is 2. The number of hydrazone groups is 1. The van der Waals surface area contributed by atoms with Crippen LogP contribution < -0.4 is 11.2 Å². The molecule has 0 saturated heterocycles. The average molecular weight is 299 g/mol. The number of benzene rings is 1. The van der Waals surface area contributed by atoms with Gasteiger partial charge in [-0.05, 0) is 55.5 Å². The molecule has 0 spiro atoms. The minimum Gasteiger partial charge on any atom is -0.399 e. The lowest BCUT2D eigenvalue weighted by molar-refractivity contribution is 0.0959. The van der Waals surface area contributed by atoms with E-state index in [2.05, 4.69) is 10.5 Å². The van der Waals surface area contributed by atoms with Crippen molar-refractivity contribution in [1.82, 2.24) is 5.43 Å². The van der Waals surface area contributed by atoms with Crippen molar-refractivity contribution in [3.63, 3.8) is 0 Å². The minimum atomic E-state index is -0.141. The lowest BCUT2D eigenvalue weighted by Crippen LogP contribution is -2.18. The van der Waals surface area contributed by atoms with Crippen molar-refractivity contribution in [1.29, 1.82) is 0 Å². The van der Waals surface area contributed by atoms with E-state index in [1.807, 2.05) is 37.3 Å². The number of nitrogen functional groups attached to an aromatic ring is 1. The Morgan fingerprint density at radius 1 is 1.33 bits per heavy atom. The second kappa shape index (κ2) is 5.69. The number of anilines is 1. The van der Waals surface area contributed by atoms with Crippen molar-refractivity contribution in [3.05, 3.63) is 51.2 Å². The summed E-state index contributed by atoms with van der Waals surface area (Å²) in [4.78, 5) is 14.2. The largest absolute Gasteiger partial charge is 0.399 e. The molecule has 1 aliphatic carbocycles. The van der Waals surface area contributed by atoms with Crippen LogP contribution in [0.5, 0.6) is 0 Å². The Balaban J connectivity index is 1.71. The Morgan fingerprint density at radius 2 is 2.19 bits per heavy atom. The van der Waals surface area contributed by atoms with Gasteiger partial charge in [-0.2, -0.15) is 5.10 Å². The van der Waals surface area contributed by atoms with Gasteiger partial charge in [-0.1, -0.05) is 12.1 Å². The summed E-state index contributed by atoms with van der Waals surface area (Å²) in [5.74, 6) is -0.141. The van der Waals surface area contributed by atoms with Crippen molar-refractivity contribution in [2.75, 3.05) is 5.73 Å². The topological polar surface area (TPSA) is 67.5 Å². The number of nitrogens with zero attached hydrogens (tertiary/aromatic N) is 1. The van der Waals surface area contributed by atoms with Crippen molar-refractivity contribution in [3.8, 4) is 0 Å². The van der Waals surface area contributed by atoms with Crippen LogP contribution in [-0.4, -0.2) is 11.6 Å². The zero-order valence-corrected chi connectivity index (χ0v) is 12.7. The van der Waals surface area contributed by atoms with Crippen LogP contribution in [-0.2, 0) is 12.8 Å². The van der Waals surface area contributed by atoms with Crippen LogP contribution in [0.3, 0.4) is 0 Å². The lowest BCUT2D eigenvalue weighted by atomic mass is 10.1. The van der Waals surface area contributed by atoms with Crippen LogP contribution >= 0.6 is 11.3 Å². The van der Waals surface area contributed by atoms with Crippen molar-refractivity contribution >= 4 is 28.6 Å². The fourth-order valence-electron chi connectivity index (χ4n) is 2.46. The van der Waals surface area contributed by atoms with Gasteiger partial charge in [0.1, 0.15) is 0 Å².